The lowest BCUT2D eigenvalue weighted by atomic mass is 9.83. The molecule has 1 N–H and O–H groups in total. The molecule has 2 aliphatic heterocycles. The van der Waals surface area contributed by atoms with Crippen molar-refractivity contribution in [2.24, 2.45) is 5.92 Å². The van der Waals surface area contributed by atoms with Gasteiger partial charge < -0.3 is 15.1 Å². The van der Waals surface area contributed by atoms with Gasteiger partial charge in [-0.25, -0.2) is 0 Å². The van der Waals surface area contributed by atoms with E-state index in [-0.39, 0.29) is 18.5 Å². The van der Waals surface area contributed by atoms with E-state index < -0.39 is 12.6 Å². The first kappa shape index (κ1) is 16.5. The molecule has 21 heavy (non-hydrogen) atoms. The molecule has 0 saturated carbocycles. The Morgan fingerprint density at radius 3 is 2.71 bits per heavy atom. The van der Waals surface area contributed by atoms with Crippen molar-refractivity contribution in [3.05, 3.63) is 0 Å². The van der Waals surface area contributed by atoms with Gasteiger partial charge in [0.2, 0.25) is 5.91 Å². The summed E-state index contributed by atoms with van der Waals surface area (Å²) in [6.45, 7) is 2.87. The molecule has 7 heteroatoms. The van der Waals surface area contributed by atoms with Crippen LogP contribution in [-0.4, -0.2) is 67.7 Å². The van der Waals surface area contributed by atoms with Crippen LogP contribution in [0.1, 0.15) is 25.7 Å². The summed E-state index contributed by atoms with van der Waals surface area (Å²) in [6.07, 6.45) is -2.71. The molecule has 2 atom stereocenters. The maximum absolute atomic E-state index is 12.3. The van der Waals surface area contributed by atoms with Gasteiger partial charge in [0, 0.05) is 45.2 Å². The number of hydrogen-bond acceptors (Lipinski definition) is 3. The standard InChI is InChI=1S/C14H24F3N3O/c1-18-6-9-20-12-4-7-19(8-5-14(15,16)17)10-11(12)2-3-13(20)21/h11-12,18H,2-10H2,1H3/t11-,12+/m0/s1. The van der Waals surface area contributed by atoms with Crippen molar-refractivity contribution >= 4 is 5.91 Å². The van der Waals surface area contributed by atoms with Gasteiger partial charge in [0.15, 0.2) is 0 Å². The van der Waals surface area contributed by atoms with Gasteiger partial charge in [-0.2, -0.15) is 13.2 Å². The summed E-state index contributed by atoms with van der Waals surface area (Å²) < 4.78 is 36.9. The molecular formula is C14H24F3N3O. The lowest BCUT2D eigenvalue weighted by molar-refractivity contribution is -0.144. The number of halogens is 3. The van der Waals surface area contributed by atoms with Gasteiger partial charge in [0.05, 0.1) is 6.42 Å². The lowest BCUT2D eigenvalue weighted by Gasteiger charge is -2.47. The number of rotatable bonds is 5. The Morgan fingerprint density at radius 2 is 2.05 bits per heavy atom. The predicted molar refractivity (Wildman–Crippen MR) is 73.9 cm³/mol. The molecule has 2 rings (SSSR count). The van der Waals surface area contributed by atoms with E-state index in [2.05, 4.69) is 5.32 Å². The normalized spacial score (nSPS) is 27.8. The lowest BCUT2D eigenvalue weighted by Crippen LogP contribution is -2.57. The molecule has 2 aliphatic rings. The SMILES string of the molecule is CNCCN1C(=O)CC[C@H]2CN(CCC(F)(F)F)CC[C@H]21. The van der Waals surface area contributed by atoms with Crippen molar-refractivity contribution in [2.45, 2.75) is 37.9 Å². The van der Waals surface area contributed by atoms with E-state index in [1.165, 1.54) is 0 Å². The number of fused-ring (bicyclic) bond motifs is 1. The van der Waals surface area contributed by atoms with E-state index >= 15 is 0 Å². The summed E-state index contributed by atoms with van der Waals surface area (Å²) in [5, 5.41) is 3.05. The molecule has 0 aromatic rings. The van der Waals surface area contributed by atoms with Gasteiger partial charge >= 0.3 is 6.18 Å². The van der Waals surface area contributed by atoms with Crippen molar-refractivity contribution in [3.8, 4) is 0 Å². The molecule has 0 aliphatic carbocycles. The summed E-state index contributed by atoms with van der Waals surface area (Å²) >= 11 is 0. The Kier molecular flexibility index (Phi) is 5.48. The number of carbonyl (C=O) groups is 1. The fourth-order valence-electron chi connectivity index (χ4n) is 3.44. The summed E-state index contributed by atoms with van der Waals surface area (Å²) in [7, 11) is 1.85. The Bertz CT molecular complexity index is 362. The summed E-state index contributed by atoms with van der Waals surface area (Å²) in [5.41, 5.74) is 0. The van der Waals surface area contributed by atoms with E-state index in [9.17, 15) is 18.0 Å². The van der Waals surface area contributed by atoms with Crippen LogP contribution in [-0.2, 0) is 4.79 Å². The Balaban J connectivity index is 1.88. The number of alkyl halides is 3. The second kappa shape index (κ2) is 6.96. The van der Waals surface area contributed by atoms with Crippen molar-refractivity contribution in [1.82, 2.24) is 15.1 Å². The van der Waals surface area contributed by atoms with E-state index in [0.29, 0.717) is 32.0 Å². The van der Waals surface area contributed by atoms with Crippen LogP contribution in [0.15, 0.2) is 0 Å². The highest BCUT2D eigenvalue weighted by Crippen LogP contribution is 2.31. The van der Waals surface area contributed by atoms with Crippen LogP contribution in [0.2, 0.25) is 0 Å². The van der Waals surface area contributed by atoms with Gasteiger partial charge in [0.25, 0.3) is 0 Å². The summed E-state index contributed by atoms with van der Waals surface area (Å²) in [5.74, 6) is 0.511. The molecule has 122 valence electrons. The molecule has 2 saturated heterocycles. The zero-order valence-corrected chi connectivity index (χ0v) is 12.5. The number of likely N-dealkylation sites (tertiary alicyclic amines) is 2. The van der Waals surface area contributed by atoms with Crippen LogP contribution >= 0.6 is 0 Å². The van der Waals surface area contributed by atoms with Gasteiger partial charge in [-0.3, -0.25) is 4.79 Å². The van der Waals surface area contributed by atoms with Gasteiger partial charge in [-0.1, -0.05) is 0 Å². The minimum atomic E-state index is -4.09. The fraction of sp³-hybridized carbons (Fsp3) is 0.929. The van der Waals surface area contributed by atoms with Gasteiger partial charge in [0.1, 0.15) is 0 Å². The number of carbonyl (C=O) groups excluding carboxylic acids is 1. The van der Waals surface area contributed by atoms with Crippen LogP contribution in [0.4, 0.5) is 13.2 Å². The topological polar surface area (TPSA) is 35.6 Å². The summed E-state index contributed by atoms with van der Waals surface area (Å²) in [6, 6.07) is 0.210. The highest BCUT2D eigenvalue weighted by molar-refractivity contribution is 5.77. The number of nitrogens with zero attached hydrogens (tertiary/aromatic N) is 2. The third-order valence-electron chi connectivity index (χ3n) is 4.54. The Labute approximate surface area is 123 Å². The molecule has 0 unspecified atom stereocenters. The van der Waals surface area contributed by atoms with Gasteiger partial charge in [-0.15, -0.1) is 0 Å². The molecule has 0 spiro atoms. The summed E-state index contributed by atoms with van der Waals surface area (Å²) in [4.78, 5) is 15.9. The molecule has 0 bridgehead atoms. The molecule has 0 aromatic carbocycles. The number of nitrogens with one attached hydrogen (secondary N) is 1. The van der Waals surface area contributed by atoms with E-state index in [1.54, 1.807) is 0 Å². The molecule has 4 nitrogen and oxygen atoms in total. The number of likely N-dealkylation sites (N-methyl/N-ethyl adjacent to an activating group) is 1. The zero-order valence-electron chi connectivity index (χ0n) is 12.5. The Hall–Kier alpha value is -0.820. The maximum atomic E-state index is 12.3. The van der Waals surface area contributed by atoms with Crippen LogP contribution in [0, 0.1) is 5.92 Å². The van der Waals surface area contributed by atoms with Crippen LogP contribution in [0.3, 0.4) is 0 Å². The number of hydrogen-bond donors (Lipinski definition) is 1. The molecule has 2 heterocycles. The monoisotopic (exact) mass is 307 g/mol. The first-order valence-corrected chi connectivity index (χ1v) is 7.64. The van der Waals surface area contributed by atoms with E-state index in [4.69, 9.17) is 0 Å². The third-order valence-corrected chi connectivity index (χ3v) is 4.54. The van der Waals surface area contributed by atoms with Crippen LogP contribution in [0.5, 0.6) is 0 Å². The van der Waals surface area contributed by atoms with Crippen LogP contribution < -0.4 is 5.32 Å². The minimum Gasteiger partial charge on any atom is -0.338 e. The maximum Gasteiger partial charge on any atom is 0.390 e. The quantitative estimate of drug-likeness (QED) is 0.835. The number of piperidine rings is 2. The Morgan fingerprint density at radius 1 is 1.29 bits per heavy atom. The first-order valence-electron chi connectivity index (χ1n) is 7.64. The van der Waals surface area contributed by atoms with Crippen molar-refractivity contribution in [2.75, 3.05) is 39.8 Å². The fourth-order valence-corrected chi connectivity index (χ4v) is 3.44. The van der Waals surface area contributed by atoms with Crippen molar-refractivity contribution < 1.29 is 18.0 Å². The second-order valence-electron chi connectivity index (χ2n) is 6.01. The first-order chi connectivity index (χ1) is 9.90. The van der Waals surface area contributed by atoms with Crippen molar-refractivity contribution in [1.29, 1.82) is 0 Å². The highest BCUT2D eigenvalue weighted by Gasteiger charge is 2.39. The average molecular weight is 307 g/mol. The molecule has 0 radical (unpaired) electrons. The molecule has 2 fully saturated rings. The second-order valence-corrected chi connectivity index (χ2v) is 6.01. The van der Waals surface area contributed by atoms with Crippen LogP contribution in [0.25, 0.3) is 0 Å². The van der Waals surface area contributed by atoms with E-state index in [0.717, 1.165) is 19.4 Å². The largest absolute Gasteiger partial charge is 0.390 e. The smallest absolute Gasteiger partial charge is 0.338 e. The third kappa shape index (κ3) is 4.57. The average Bonchev–Trinajstić information content (AvgIpc) is 2.43. The zero-order chi connectivity index (χ0) is 15.5. The highest BCUT2D eigenvalue weighted by atomic mass is 19.4. The minimum absolute atomic E-state index is 0.0805. The van der Waals surface area contributed by atoms with Gasteiger partial charge in [-0.05, 0) is 25.8 Å². The molecule has 0 aromatic heterocycles. The predicted octanol–water partition coefficient (Wildman–Crippen LogP) is 1.47. The molecule has 1 amide bonds. The van der Waals surface area contributed by atoms with E-state index in [1.807, 2.05) is 16.8 Å². The van der Waals surface area contributed by atoms with Crippen molar-refractivity contribution in [3.63, 3.8) is 0 Å². The molecular weight excluding hydrogens is 283 g/mol. The number of amides is 1.